The van der Waals surface area contributed by atoms with Crippen LogP contribution in [-0.2, 0) is 11.3 Å². The van der Waals surface area contributed by atoms with Crippen molar-refractivity contribution < 1.29 is 27.9 Å². The molecule has 31 heavy (non-hydrogen) atoms. The van der Waals surface area contributed by atoms with Gasteiger partial charge in [0.15, 0.2) is 0 Å². The molecule has 3 rings (SSSR count). The number of alkyl halides is 3. The molecule has 12 heteroatoms. The zero-order valence-corrected chi connectivity index (χ0v) is 17.7. The highest BCUT2D eigenvalue weighted by Gasteiger charge is 2.38. The van der Waals surface area contributed by atoms with Crippen LogP contribution in [-0.4, -0.2) is 109 Å². The zero-order valence-electron chi connectivity index (χ0n) is 17.7. The number of anilines is 1. The standard InChI is InChI=1S/C17H28N6O.C2HF3O2/c1-20-5-9-22(10-6-20)16-4-3-15(13-18-16)14-19-17(24)23-11-7-21(2)8-12-23;3-2(4,5)1(6)7/h3-4,13H,5-12,14H2,1-2H3,(H,19,24);(H,6,7). The number of rotatable bonds is 3. The van der Waals surface area contributed by atoms with E-state index < -0.39 is 12.1 Å². The molecule has 2 aliphatic rings. The minimum atomic E-state index is -5.08. The van der Waals surface area contributed by atoms with E-state index in [1.807, 2.05) is 11.1 Å². The molecule has 0 aliphatic carbocycles. The van der Waals surface area contributed by atoms with Gasteiger partial charge in [-0.25, -0.2) is 14.6 Å². The molecule has 2 amide bonds. The molecule has 2 saturated heterocycles. The summed E-state index contributed by atoms with van der Waals surface area (Å²) < 4.78 is 31.7. The molecular weight excluding hydrogens is 417 g/mol. The number of carbonyl (C=O) groups is 2. The van der Waals surface area contributed by atoms with Gasteiger partial charge in [-0.1, -0.05) is 6.07 Å². The van der Waals surface area contributed by atoms with E-state index in [4.69, 9.17) is 9.90 Å². The number of carbonyl (C=O) groups excluding carboxylic acids is 1. The van der Waals surface area contributed by atoms with E-state index >= 15 is 0 Å². The molecule has 0 bridgehead atoms. The molecule has 9 nitrogen and oxygen atoms in total. The van der Waals surface area contributed by atoms with E-state index in [2.05, 4.69) is 51.2 Å². The topological polar surface area (TPSA) is 92.3 Å². The Hall–Kier alpha value is -2.60. The molecule has 2 N–H and O–H groups in total. The van der Waals surface area contributed by atoms with Gasteiger partial charge in [-0.05, 0) is 25.7 Å². The van der Waals surface area contributed by atoms with E-state index in [0.717, 1.165) is 63.7 Å². The summed E-state index contributed by atoms with van der Waals surface area (Å²) in [6, 6.07) is 4.14. The van der Waals surface area contributed by atoms with Gasteiger partial charge in [-0.3, -0.25) is 0 Å². The van der Waals surface area contributed by atoms with Crippen molar-refractivity contribution in [1.82, 2.24) is 25.0 Å². The number of hydrogen-bond donors (Lipinski definition) is 2. The second kappa shape index (κ2) is 11.1. The summed E-state index contributed by atoms with van der Waals surface area (Å²) in [5.74, 6) is -1.73. The molecular formula is C19H29F3N6O3. The molecule has 1 aromatic rings. The summed E-state index contributed by atoms with van der Waals surface area (Å²) in [6.07, 6.45) is -3.21. The van der Waals surface area contributed by atoms with Crippen molar-refractivity contribution >= 4 is 17.8 Å². The minimum absolute atomic E-state index is 0.0197. The van der Waals surface area contributed by atoms with Crippen LogP contribution in [0.2, 0.25) is 0 Å². The van der Waals surface area contributed by atoms with Gasteiger partial charge in [0.05, 0.1) is 0 Å². The summed E-state index contributed by atoms with van der Waals surface area (Å²) in [7, 11) is 4.24. The van der Waals surface area contributed by atoms with Gasteiger partial charge in [0.25, 0.3) is 0 Å². The SMILES string of the molecule is CN1CCN(C(=O)NCc2ccc(N3CCN(C)CC3)nc2)CC1.O=C(O)C(F)(F)F. The van der Waals surface area contributed by atoms with Crippen molar-refractivity contribution in [3.8, 4) is 0 Å². The number of halogens is 3. The maximum Gasteiger partial charge on any atom is 0.490 e. The third-order valence-electron chi connectivity index (χ3n) is 5.11. The van der Waals surface area contributed by atoms with Crippen molar-refractivity contribution in [2.24, 2.45) is 0 Å². The van der Waals surface area contributed by atoms with E-state index in [1.165, 1.54) is 0 Å². The highest BCUT2D eigenvalue weighted by molar-refractivity contribution is 5.74. The van der Waals surface area contributed by atoms with Gasteiger partial charge in [-0.15, -0.1) is 0 Å². The number of pyridine rings is 1. The van der Waals surface area contributed by atoms with Gasteiger partial charge in [-0.2, -0.15) is 13.2 Å². The Bertz CT molecular complexity index is 716. The quantitative estimate of drug-likeness (QED) is 0.714. The molecule has 0 saturated carbocycles. The first-order chi connectivity index (χ1) is 14.6. The predicted molar refractivity (Wildman–Crippen MR) is 109 cm³/mol. The van der Waals surface area contributed by atoms with Crippen LogP contribution < -0.4 is 10.2 Å². The molecule has 0 radical (unpaired) electrons. The Balaban J connectivity index is 0.000000423. The molecule has 174 valence electrons. The number of piperazine rings is 2. The second-order valence-electron chi connectivity index (χ2n) is 7.57. The molecule has 0 aromatic carbocycles. The first-order valence-corrected chi connectivity index (χ1v) is 9.96. The number of amides is 2. The van der Waals surface area contributed by atoms with Gasteiger partial charge >= 0.3 is 18.2 Å². The number of likely N-dealkylation sites (N-methyl/N-ethyl adjacent to an activating group) is 2. The van der Waals surface area contributed by atoms with E-state index in [1.54, 1.807) is 0 Å². The predicted octanol–water partition coefficient (Wildman–Crippen LogP) is 0.924. The number of aliphatic carboxylic acids is 1. The average molecular weight is 446 g/mol. The van der Waals surface area contributed by atoms with Crippen molar-refractivity contribution in [1.29, 1.82) is 0 Å². The lowest BCUT2D eigenvalue weighted by Gasteiger charge is -2.33. The van der Waals surface area contributed by atoms with Crippen molar-refractivity contribution in [2.45, 2.75) is 12.7 Å². The summed E-state index contributed by atoms with van der Waals surface area (Å²) in [4.78, 5) is 34.4. The Morgan fingerprint density at radius 2 is 1.52 bits per heavy atom. The van der Waals surface area contributed by atoms with Crippen LogP contribution in [0.15, 0.2) is 18.3 Å². The molecule has 2 fully saturated rings. The molecule has 2 aliphatic heterocycles. The van der Waals surface area contributed by atoms with Crippen molar-refractivity contribution in [2.75, 3.05) is 71.4 Å². The fraction of sp³-hybridized carbons (Fsp3) is 0.632. The molecule has 3 heterocycles. The first-order valence-electron chi connectivity index (χ1n) is 9.96. The third-order valence-corrected chi connectivity index (χ3v) is 5.11. The summed E-state index contributed by atoms with van der Waals surface area (Å²) in [6.45, 7) is 8.18. The van der Waals surface area contributed by atoms with Crippen molar-refractivity contribution in [3.63, 3.8) is 0 Å². The Morgan fingerprint density at radius 1 is 1.00 bits per heavy atom. The van der Waals surface area contributed by atoms with Gasteiger partial charge < -0.3 is 30.0 Å². The largest absolute Gasteiger partial charge is 0.490 e. The fourth-order valence-corrected chi connectivity index (χ4v) is 3.04. The third kappa shape index (κ3) is 8.21. The van der Waals surface area contributed by atoms with Gasteiger partial charge in [0.1, 0.15) is 5.82 Å². The number of nitrogens with one attached hydrogen (secondary N) is 1. The Labute approximate surface area is 179 Å². The highest BCUT2D eigenvalue weighted by atomic mass is 19.4. The zero-order chi connectivity index (χ0) is 23.0. The normalized spacial score (nSPS) is 18.2. The minimum Gasteiger partial charge on any atom is -0.475 e. The van der Waals surface area contributed by atoms with Gasteiger partial charge in [0, 0.05) is 65.1 Å². The van der Waals surface area contributed by atoms with Crippen LogP contribution in [0.4, 0.5) is 23.8 Å². The monoisotopic (exact) mass is 446 g/mol. The van der Waals surface area contributed by atoms with Crippen LogP contribution in [0.5, 0.6) is 0 Å². The van der Waals surface area contributed by atoms with Crippen LogP contribution in [0.25, 0.3) is 0 Å². The fourth-order valence-electron chi connectivity index (χ4n) is 3.04. The number of hydrogen-bond acceptors (Lipinski definition) is 6. The second-order valence-corrected chi connectivity index (χ2v) is 7.57. The number of carboxylic acid groups (broad SMARTS) is 1. The lowest BCUT2D eigenvalue weighted by atomic mass is 10.2. The Morgan fingerprint density at radius 3 is 1.97 bits per heavy atom. The van der Waals surface area contributed by atoms with Crippen LogP contribution >= 0.6 is 0 Å². The summed E-state index contributed by atoms with van der Waals surface area (Å²) in [5, 5.41) is 10.1. The maximum absolute atomic E-state index is 12.2. The molecule has 0 spiro atoms. The van der Waals surface area contributed by atoms with Crippen LogP contribution in [0.3, 0.4) is 0 Å². The van der Waals surface area contributed by atoms with Crippen LogP contribution in [0.1, 0.15) is 5.56 Å². The smallest absolute Gasteiger partial charge is 0.475 e. The van der Waals surface area contributed by atoms with Gasteiger partial charge in [0.2, 0.25) is 0 Å². The summed E-state index contributed by atoms with van der Waals surface area (Å²) in [5.41, 5.74) is 1.04. The van der Waals surface area contributed by atoms with Crippen LogP contribution in [0, 0.1) is 0 Å². The number of nitrogens with zero attached hydrogens (tertiary/aromatic N) is 5. The molecule has 1 aromatic heterocycles. The number of carboxylic acids is 1. The highest BCUT2D eigenvalue weighted by Crippen LogP contribution is 2.14. The van der Waals surface area contributed by atoms with Crippen molar-refractivity contribution in [3.05, 3.63) is 23.9 Å². The summed E-state index contributed by atoms with van der Waals surface area (Å²) >= 11 is 0. The number of urea groups is 1. The lowest BCUT2D eigenvalue weighted by Crippen LogP contribution is -2.50. The Kier molecular flexibility index (Phi) is 8.87. The molecule has 0 atom stereocenters. The molecule has 0 unspecified atom stereocenters. The number of aromatic nitrogens is 1. The average Bonchev–Trinajstić information content (AvgIpc) is 2.73. The first kappa shape index (κ1) is 24.7. The van der Waals surface area contributed by atoms with E-state index in [9.17, 15) is 18.0 Å². The van der Waals surface area contributed by atoms with E-state index in [-0.39, 0.29) is 6.03 Å². The lowest BCUT2D eigenvalue weighted by molar-refractivity contribution is -0.192. The maximum atomic E-state index is 12.2. The van der Waals surface area contributed by atoms with E-state index in [0.29, 0.717) is 6.54 Å².